The molecule has 0 unspecified atom stereocenters. The van der Waals surface area contributed by atoms with Crippen LogP contribution >= 0.6 is 0 Å². The predicted molar refractivity (Wildman–Crippen MR) is 94.6 cm³/mol. The van der Waals surface area contributed by atoms with E-state index >= 15 is 0 Å². The second-order valence-electron chi connectivity index (χ2n) is 5.54. The lowest BCUT2D eigenvalue weighted by atomic mass is 10.3. The molecule has 0 spiro atoms. The number of aryl methyl sites for hydroxylation is 1. The number of nitrogens with one attached hydrogen (secondary N) is 1. The molecule has 0 radical (unpaired) electrons. The molecule has 0 aliphatic carbocycles. The molecule has 4 aromatic rings. The van der Waals surface area contributed by atoms with Crippen molar-refractivity contribution < 1.29 is 9.53 Å². The van der Waals surface area contributed by atoms with Crippen molar-refractivity contribution in [1.82, 2.24) is 34.5 Å². The second kappa shape index (κ2) is 7.04. The van der Waals surface area contributed by atoms with E-state index in [1.807, 2.05) is 0 Å². The van der Waals surface area contributed by atoms with Crippen molar-refractivity contribution in [3.05, 3.63) is 67.3 Å². The lowest BCUT2D eigenvalue weighted by Gasteiger charge is -2.08. The maximum Gasteiger partial charge on any atom is 0.277 e. The van der Waals surface area contributed by atoms with Crippen molar-refractivity contribution in [1.29, 1.82) is 0 Å². The van der Waals surface area contributed by atoms with E-state index < -0.39 is 0 Å². The van der Waals surface area contributed by atoms with E-state index in [0.717, 1.165) is 0 Å². The van der Waals surface area contributed by atoms with Gasteiger partial charge in [-0.3, -0.25) is 14.0 Å². The van der Waals surface area contributed by atoms with Crippen LogP contribution in [0.1, 0.15) is 10.5 Å². The number of benzene rings is 1. The molecule has 1 aromatic carbocycles. The van der Waals surface area contributed by atoms with Gasteiger partial charge in [0.05, 0.1) is 6.20 Å². The van der Waals surface area contributed by atoms with Gasteiger partial charge in [-0.1, -0.05) is 5.21 Å². The van der Waals surface area contributed by atoms with E-state index in [4.69, 9.17) is 4.74 Å². The fourth-order valence-electron chi connectivity index (χ4n) is 2.30. The number of aromatic nitrogens is 7. The number of carbonyl (C=O) groups excluding carboxylic acids is 1. The standard InChI is InChI=1S/C17H14N8O2/c1-24-9-14(22-23-24)17(26)21-12-2-4-13(5-3-12)27-16-8-15(19-10-20-16)25-7-6-18-11-25/h2-11H,1H3,(H,21,26). The zero-order valence-electron chi connectivity index (χ0n) is 14.2. The molecule has 0 aliphatic heterocycles. The van der Waals surface area contributed by atoms with Gasteiger partial charge in [-0.15, -0.1) is 5.10 Å². The molecule has 1 N–H and O–H groups in total. The summed E-state index contributed by atoms with van der Waals surface area (Å²) in [5.41, 5.74) is 0.852. The highest BCUT2D eigenvalue weighted by molar-refractivity contribution is 6.02. The molecular weight excluding hydrogens is 348 g/mol. The molecule has 4 rings (SSSR count). The average molecular weight is 362 g/mol. The molecule has 3 aromatic heterocycles. The number of anilines is 1. The van der Waals surface area contributed by atoms with E-state index in [9.17, 15) is 4.79 Å². The molecule has 0 atom stereocenters. The number of hydrogen-bond acceptors (Lipinski definition) is 7. The Morgan fingerprint density at radius 3 is 2.74 bits per heavy atom. The summed E-state index contributed by atoms with van der Waals surface area (Å²) in [7, 11) is 1.70. The number of imidazole rings is 1. The quantitative estimate of drug-likeness (QED) is 0.576. The highest BCUT2D eigenvalue weighted by Crippen LogP contribution is 2.22. The van der Waals surface area contributed by atoms with Gasteiger partial charge in [0.25, 0.3) is 5.91 Å². The van der Waals surface area contributed by atoms with Crippen LogP contribution in [0, 0.1) is 0 Å². The van der Waals surface area contributed by atoms with Gasteiger partial charge < -0.3 is 10.1 Å². The molecule has 0 fully saturated rings. The van der Waals surface area contributed by atoms with Gasteiger partial charge in [0.2, 0.25) is 5.88 Å². The van der Waals surface area contributed by atoms with Crippen molar-refractivity contribution >= 4 is 11.6 Å². The summed E-state index contributed by atoms with van der Waals surface area (Å²) < 4.78 is 8.96. The van der Waals surface area contributed by atoms with Crippen LogP contribution in [-0.4, -0.2) is 40.4 Å². The molecular formula is C17H14N8O2. The molecule has 0 aliphatic rings. The van der Waals surface area contributed by atoms with Crippen molar-refractivity contribution in [2.45, 2.75) is 0 Å². The predicted octanol–water partition coefficient (Wildman–Crippen LogP) is 1.84. The van der Waals surface area contributed by atoms with E-state index in [-0.39, 0.29) is 11.6 Å². The van der Waals surface area contributed by atoms with E-state index in [1.54, 1.807) is 66.9 Å². The van der Waals surface area contributed by atoms with Crippen LogP contribution in [0.25, 0.3) is 5.82 Å². The molecule has 0 saturated heterocycles. The van der Waals surface area contributed by atoms with Crippen LogP contribution in [-0.2, 0) is 7.05 Å². The van der Waals surface area contributed by atoms with Crippen LogP contribution in [0.4, 0.5) is 5.69 Å². The summed E-state index contributed by atoms with van der Waals surface area (Å²) in [5.74, 6) is 1.27. The molecule has 27 heavy (non-hydrogen) atoms. The first-order chi connectivity index (χ1) is 13.2. The Morgan fingerprint density at radius 1 is 1.19 bits per heavy atom. The number of carbonyl (C=O) groups is 1. The van der Waals surface area contributed by atoms with E-state index in [2.05, 4.69) is 30.6 Å². The van der Waals surface area contributed by atoms with Gasteiger partial charge in [0, 0.05) is 31.2 Å². The Balaban J connectivity index is 1.44. The van der Waals surface area contributed by atoms with Crippen LogP contribution < -0.4 is 10.1 Å². The number of rotatable bonds is 5. The lowest BCUT2D eigenvalue weighted by molar-refractivity contribution is 0.102. The summed E-state index contributed by atoms with van der Waals surface area (Å²) in [6.45, 7) is 0. The summed E-state index contributed by atoms with van der Waals surface area (Å²) in [6, 6.07) is 8.60. The maximum atomic E-state index is 12.1. The summed E-state index contributed by atoms with van der Waals surface area (Å²) >= 11 is 0. The Hall–Kier alpha value is -4.08. The van der Waals surface area contributed by atoms with Crippen molar-refractivity contribution in [3.8, 4) is 17.4 Å². The highest BCUT2D eigenvalue weighted by Gasteiger charge is 2.10. The van der Waals surface area contributed by atoms with Crippen molar-refractivity contribution in [2.75, 3.05) is 5.32 Å². The van der Waals surface area contributed by atoms with Gasteiger partial charge in [0.1, 0.15) is 24.2 Å². The minimum Gasteiger partial charge on any atom is -0.439 e. The second-order valence-corrected chi connectivity index (χ2v) is 5.54. The summed E-state index contributed by atoms with van der Waals surface area (Å²) in [4.78, 5) is 24.3. The minimum atomic E-state index is -0.336. The van der Waals surface area contributed by atoms with Crippen molar-refractivity contribution in [2.24, 2.45) is 7.05 Å². The molecule has 0 saturated carbocycles. The Morgan fingerprint density at radius 2 is 2.04 bits per heavy atom. The maximum absolute atomic E-state index is 12.1. The molecule has 3 heterocycles. The van der Waals surface area contributed by atoms with Gasteiger partial charge in [0.15, 0.2) is 5.69 Å². The average Bonchev–Trinajstić information content (AvgIpc) is 3.35. The molecule has 10 heteroatoms. The van der Waals surface area contributed by atoms with Crippen LogP contribution in [0.5, 0.6) is 11.6 Å². The number of ether oxygens (including phenoxy) is 1. The van der Waals surface area contributed by atoms with Crippen LogP contribution in [0.15, 0.2) is 61.6 Å². The van der Waals surface area contributed by atoms with Gasteiger partial charge in [-0.2, -0.15) is 0 Å². The smallest absolute Gasteiger partial charge is 0.277 e. The normalized spacial score (nSPS) is 10.6. The molecule has 1 amide bonds. The van der Waals surface area contributed by atoms with Crippen molar-refractivity contribution in [3.63, 3.8) is 0 Å². The number of nitrogens with zero attached hydrogens (tertiary/aromatic N) is 7. The summed E-state index contributed by atoms with van der Waals surface area (Å²) in [6.07, 6.45) is 8.04. The zero-order chi connectivity index (χ0) is 18.6. The summed E-state index contributed by atoms with van der Waals surface area (Å²) in [5, 5.41) is 10.2. The Labute approximate surface area is 153 Å². The third-order valence-electron chi connectivity index (χ3n) is 3.57. The Bertz CT molecular complexity index is 1060. The van der Waals surface area contributed by atoms with Crippen LogP contribution in [0.3, 0.4) is 0 Å². The molecule has 10 nitrogen and oxygen atoms in total. The lowest BCUT2D eigenvalue weighted by Crippen LogP contribution is -2.12. The first-order valence-corrected chi connectivity index (χ1v) is 7.93. The van der Waals surface area contributed by atoms with Crippen LogP contribution in [0.2, 0.25) is 0 Å². The minimum absolute atomic E-state index is 0.242. The number of hydrogen-bond donors (Lipinski definition) is 1. The van der Waals surface area contributed by atoms with Gasteiger partial charge >= 0.3 is 0 Å². The first kappa shape index (κ1) is 16.4. The third kappa shape index (κ3) is 3.79. The zero-order valence-corrected chi connectivity index (χ0v) is 14.2. The van der Waals surface area contributed by atoms with E-state index in [0.29, 0.717) is 23.1 Å². The monoisotopic (exact) mass is 362 g/mol. The topological polar surface area (TPSA) is 113 Å². The SMILES string of the molecule is Cn1cc(C(=O)Nc2ccc(Oc3cc(-n4ccnc4)ncn3)cc2)nn1. The fraction of sp³-hybridized carbons (Fsp3) is 0.0588. The van der Waals surface area contributed by atoms with Gasteiger partial charge in [-0.25, -0.2) is 15.0 Å². The number of amides is 1. The molecule has 134 valence electrons. The fourth-order valence-corrected chi connectivity index (χ4v) is 2.30. The van der Waals surface area contributed by atoms with E-state index in [1.165, 1.54) is 11.0 Å². The van der Waals surface area contributed by atoms with Gasteiger partial charge in [-0.05, 0) is 24.3 Å². The highest BCUT2D eigenvalue weighted by atomic mass is 16.5. The third-order valence-corrected chi connectivity index (χ3v) is 3.57. The molecule has 0 bridgehead atoms. The largest absolute Gasteiger partial charge is 0.439 e. The Kier molecular flexibility index (Phi) is 4.27. The first-order valence-electron chi connectivity index (χ1n) is 7.93.